The molecule has 0 fully saturated rings. The number of carbonyl (C=O) groups is 2. The summed E-state index contributed by atoms with van der Waals surface area (Å²) in [6, 6.07) is 31.7. The Balaban J connectivity index is 1.79. The molecule has 0 radical (unpaired) electrons. The fraction of sp³-hybridized carbons (Fsp3) is 0.297. The monoisotopic (exact) mass is 625 g/mol. The van der Waals surface area contributed by atoms with Gasteiger partial charge in [-0.15, -0.1) is 0 Å². The van der Waals surface area contributed by atoms with Crippen molar-refractivity contribution < 1.29 is 18.0 Å². The van der Waals surface area contributed by atoms with Crippen LogP contribution in [-0.4, -0.2) is 43.8 Å². The van der Waals surface area contributed by atoms with E-state index in [0.717, 1.165) is 39.4 Å². The highest BCUT2D eigenvalue weighted by molar-refractivity contribution is 7.92. The zero-order valence-electron chi connectivity index (χ0n) is 26.5. The first-order valence-electron chi connectivity index (χ1n) is 15.5. The van der Waals surface area contributed by atoms with Gasteiger partial charge in [0, 0.05) is 19.0 Å². The van der Waals surface area contributed by atoms with Crippen LogP contribution in [0.3, 0.4) is 0 Å². The van der Waals surface area contributed by atoms with Crippen molar-refractivity contribution >= 4 is 27.5 Å². The maximum atomic E-state index is 14.5. The van der Waals surface area contributed by atoms with Crippen LogP contribution < -0.4 is 9.62 Å². The van der Waals surface area contributed by atoms with Crippen LogP contribution in [0.25, 0.3) is 0 Å². The van der Waals surface area contributed by atoms with Gasteiger partial charge < -0.3 is 10.2 Å². The quantitative estimate of drug-likeness (QED) is 0.178. The van der Waals surface area contributed by atoms with Gasteiger partial charge in [-0.1, -0.05) is 104 Å². The predicted octanol–water partition coefficient (Wildman–Crippen LogP) is 6.31. The van der Waals surface area contributed by atoms with Crippen molar-refractivity contribution in [3.8, 4) is 0 Å². The van der Waals surface area contributed by atoms with E-state index in [2.05, 4.69) is 5.32 Å². The minimum absolute atomic E-state index is 0.0813. The summed E-state index contributed by atoms with van der Waals surface area (Å²) in [5, 5.41) is 3.07. The van der Waals surface area contributed by atoms with Crippen LogP contribution in [-0.2, 0) is 39.0 Å². The Labute approximate surface area is 268 Å². The number of benzene rings is 4. The third-order valence-electron chi connectivity index (χ3n) is 7.99. The number of hydrogen-bond acceptors (Lipinski definition) is 4. The average Bonchev–Trinajstić information content (AvgIpc) is 3.06. The van der Waals surface area contributed by atoms with Crippen molar-refractivity contribution in [2.24, 2.45) is 0 Å². The van der Waals surface area contributed by atoms with Gasteiger partial charge >= 0.3 is 0 Å². The molecule has 7 nitrogen and oxygen atoms in total. The van der Waals surface area contributed by atoms with Crippen LogP contribution in [0, 0.1) is 6.92 Å². The fourth-order valence-electron chi connectivity index (χ4n) is 5.03. The molecule has 45 heavy (non-hydrogen) atoms. The summed E-state index contributed by atoms with van der Waals surface area (Å²) in [4.78, 5) is 30.1. The Morgan fingerprint density at radius 1 is 0.756 bits per heavy atom. The van der Waals surface area contributed by atoms with Crippen LogP contribution in [0.15, 0.2) is 114 Å². The van der Waals surface area contributed by atoms with E-state index >= 15 is 0 Å². The molecule has 2 atom stereocenters. The molecule has 2 amide bonds. The zero-order chi connectivity index (χ0) is 32.4. The highest BCUT2D eigenvalue weighted by atomic mass is 32.2. The summed E-state index contributed by atoms with van der Waals surface area (Å²) in [6.07, 6.45) is 1.80. The number of anilines is 1. The van der Waals surface area contributed by atoms with Crippen LogP contribution in [0.5, 0.6) is 0 Å². The molecule has 236 valence electrons. The van der Waals surface area contributed by atoms with Crippen molar-refractivity contribution in [3.05, 3.63) is 131 Å². The third kappa shape index (κ3) is 8.82. The molecule has 0 saturated carbocycles. The molecule has 0 unspecified atom stereocenters. The van der Waals surface area contributed by atoms with E-state index in [0.29, 0.717) is 5.69 Å². The minimum atomic E-state index is -4.12. The van der Waals surface area contributed by atoms with E-state index in [-0.39, 0.29) is 29.8 Å². The molecule has 0 bridgehead atoms. The maximum absolute atomic E-state index is 14.5. The molecular formula is C37H43N3O4S. The summed E-state index contributed by atoms with van der Waals surface area (Å²) in [5.41, 5.74) is 4.24. The summed E-state index contributed by atoms with van der Waals surface area (Å²) in [5.74, 6) is -0.756. The topological polar surface area (TPSA) is 86.8 Å². The van der Waals surface area contributed by atoms with Gasteiger partial charge in [0.05, 0.1) is 10.6 Å². The number of carbonyl (C=O) groups excluding carboxylic acids is 2. The van der Waals surface area contributed by atoms with E-state index in [1.807, 2.05) is 94.4 Å². The van der Waals surface area contributed by atoms with Gasteiger partial charge in [-0.3, -0.25) is 13.9 Å². The summed E-state index contributed by atoms with van der Waals surface area (Å²) < 4.78 is 29.3. The molecule has 1 N–H and O–H groups in total. The summed E-state index contributed by atoms with van der Waals surface area (Å²) >= 11 is 0. The van der Waals surface area contributed by atoms with Crippen LogP contribution in [0.2, 0.25) is 0 Å². The predicted molar refractivity (Wildman–Crippen MR) is 180 cm³/mol. The fourth-order valence-corrected chi connectivity index (χ4v) is 6.47. The van der Waals surface area contributed by atoms with E-state index in [1.165, 1.54) is 17.0 Å². The van der Waals surface area contributed by atoms with Crippen molar-refractivity contribution in [2.75, 3.05) is 10.8 Å². The lowest BCUT2D eigenvalue weighted by atomic mass is 10.0. The lowest BCUT2D eigenvalue weighted by molar-refractivity contribution is -0.140. The van der Waals surface area contributed by atoms with Crippen LogP contribution in [0.1, 0.15) is 49.4 Å². The second kappa shape index (κ2) is 15.5. The van der Waals surface area contributed by atoms with E-state index in [4.69, 9.17) is 0 Å². The number of aryl methyl sites for hydroxylation is 2. The normalized spacial score (nSPS) is 12.6. The molecule has 0 heterocycles. The number of sulfonamides is 1. The Bertz CT molecular complexity index is 1640. The lowest BCUT2D eigenvalue weighted by Crippen LogP contribution is -2.54. The summed E-state index contributed by atoms with van der Waals surface area (Å²) in [6.45, 7) is 7.59. The second-order valence-corrected chi connectivity index (χ2v) is 13.2. The highest BCUT2D eigenvalue weighted by Gasteiger charge is 2.35. The van der Waals surface area contributed by atoms with Gasteiger partial charge in [0.15, 0.2) is 0 Å². The molecule has 0 aliphatic carbocycles. The number of nitrogens with one attached hydrogen (secondary N) is 1. The summed E-state index contributed by atoms with van der Waals surface area (Å²) in [7, 11) is -4.12. The largest absolute Gasteiger partial charge is 0.352 e. The van der Waals surface area contributed by atoms with Gasteiger partial charge in [0.25, 0.3) is 10.0 Å². The molecule has 4 aromatic rings. The zero-order valence-corrected chi connectivity index (χ0v) is 27.3. The highest BCUT2D eigenvalue weighted by Crippen LogP contribution is 2.26. The molecule has 0 aromatic heterocycles. The first-order chi connectivity index (χ1) is 21.6. The van der Waals surface area contributed by atoms with Crippen molar-refractivity contribution in [1.82, 2.24) is 10.2 Å². The number of hydrogen-bond donors (Lipinski definition) is 1. The average molecular weight is 626 g/mol. The first-order valence-corrected chi connectivity index (χ1v) is 16.9. The standard InChI is InChI=1S/C37H43N3O4S/c1-5-29(4)38-37(42)35(25-31-13-9-7-10-14-31)39(26-32-19-17-28(3)18-20-32)36(41)27-40(33-23-21-30(6-2)22-24-33)45(43,44)34-15-11-8-12-16-34/h7-24,29,35H,5-6,25-27H2,1-4H3,(H,38,42)/t29-,35+/m1/s1. The first kappa shape index (κ1) is 33.5. The van der Waals surface area contributed by atoms with Gasteiger partial charge in [0.2, 0.25) is 11.8 Å². The van der Waals surface area contributed by atoms with E-state index < -0.39 is 28.5 Å². The van der Waals surface area contributed by atoms with Gasteiger partial charge in [-0.25, -0.2) is 8.42 Å². The number of amides is 2. The maximum Gasteiger partial charge on any atom is 0.264 e. The molecule has 0 aliphatic rings. The Hall–Kier alpha value is -4.43. The molecule has 4 aromatic carbocycles. The smallest absolute Gasteiger partial charge is 0.264 e. The molecule has 8 heteroatoms. The molecule has 0 saturated heterocycles. The van der Waals surface area contributed by atoms with Crippen LogP contribution >= 0.6 is 0 Å². The molecule has 0 spiro atoms. The van der Waals surface area contributed by atoms with Crippen molar-refractivity contribution in [2.45, 2.75) is 70.5 Å². The Kier molecular flexibility index (Phi) is 11.5. The van der Waals surface area contributed by atoms with Gasteiger partial charge in [-0.05, 0) is 67.6 Å². The molecular weight excluding hydrogens is 582 g/mol. The van der Waals surface area contributed by atoms with E-state index in [9.17, 15) is 18.0 Å². The van der Waals surface area contributed by atoms with Crippen LogP contribution in [0.4, 0.5) is 5.69 Å². The van der Waals surface area contributed by atoms with Crippen molar-refractivity contribution in [1.29, 1.82) is 0 Å². The Morgan fingerprint density at radius 3 is 1.91 bits per heavy atom. The second-order valence-electron chi connectivity index (χ2n) is 11.4. The Morgan fingerprint density at radius 2 is 1.33 bits per heavy atom. The van der Waals surface area contributed by atoms with E-state index in [1.54, 1.807) is 30.3 Å². The van der Waals surface area contributed by atoms with Crippen molar-refractivity contribution in [3.63, 3.8) is 0 Å². The lowest BCUT2D eigenvalue weighted by Gasteiger charge is -2.34. The molecule has 4 rings (SSSR count). The SMILES string of the molecule is CCc1ccc(N(CC(=O)N(Cc2ccc(C)cc2)[C@@H](Cc2ccccc2)C(=O)N[C@H](C)CC)S(=O)(=O)c2ccccc2)cc1. The molecule has 0 aliphatic heterocycles. The van der Waals surface area contributed by atoms with Gasteiger partial charge in [-0.2, -0.15) is 0 Å². The van der Waals surface area contributed by atoms with Gasteiger partial charge in [0.1, 0.15) is 12.6 Å². The number of nitrogens with zero attached hydrogens (tertiary/aromatic N) is 2. The third-order valence-corrected chi connectivity index (χ3v) is 9.78. The number of rotatable bonds is 14. The minimum Gasteiger partial charge on any atom is -0.352 e.